The molecule has 7 heteroatoms. The molecule has 5 rings (SSSR count). The lowest BCUT2D eigenvalue weighted by atomic mass is 9.98. The van der Waals surface area contributed by atoms with Gasteiger partial charge in [-0.15, -0.1) is 16.4 Å². The molecular formula is C19H19N5S2. The molecule has 0 aliphatic carbocycles. The van der Waals surface area contributed by atoms with Gasteiger partial charge in [-0.25, -0.2) is 14.5 Å². The highest BCUT2D eigenvalue weighted by Crippen LogP contribution is 2.34. The fourth-order valence-corrected chi connectivity index (χ4v) is 5.32. The van der Waals surface area contributed by atoms with Crippen LogP contribution in [0.4, 0.5) is 5.13 Å². The van der Waals surface area contributed by atoms with Gasteiger partial charge in [-0.3, -0.25) is 0 Å². The van der Waals surface area contributed by atoms with E-state index in [0.717, 1.165) is 47.3 Å². The summed E-state index contributed by atoms with van der Waals surface area (Å²) >= 11 is 3.51. The maximum absolute atomic E-state index is 4.77. The molecule has 0 atom stereocenters. The highest BCUT2D eigenvalue weighted by atomic mass is 32.1. The summed E-state index contributed by atoms with van der Waals surface area (Å²) in [4.78, 5) is 14.0. The highest BCUT2D eigenvalue weighted by Gasteiger charge is 2.25. The Labute approximate surface area is 160 Å². The van der Waals surface area contributed by atoms with E-state index in [1.807, 2.05) is 46.4 Å². The summed E-state index contributed by atoms with van der Waals surface area (Å²) in [5.41, 5.74) is 2.11. The predicted molar refractivity (Wildman–Crippen MR) is 107 cm³/mol. The minimum Gasteiger partial charge on any atom is -0.347 e. The number of benzene rings is 1. The number of fused-ring (bicyclic) bond motifs is 1. The zero-order valence-electron chi connectivity index (χ0n) is 14.5. The van der Waals surface area contributed by atoms with Gasteiger partial charge in [0.05, 0.1) is 16.9 Å². The largest absolute Gasteiger partial charge is 0.347 e. The van der Waals surface area contributed by atoms with Crippen LogP contribution in [0.15, 0.2) is 42.7 Å². The van der Waals surface area contributed by atoms with Crippen LogP contribution in [-0.2, 0) is 0 Å². The molecular weight excluding hydrogens is 362 g/mol. The van der Waals surface area contributed by atoms with Gasteiger partial charge in [0, 0.05) is 35.6 Å². The molecule has 1 saturated heterocycles. The number of rotatable bonds is 3. The van der Waals surface area contributed by atoms with Crippen molar-refractivity contribution in [1.82, 2.24) is 19.6 Å². The highest BCUT2D eigenvalue weighted by molar-refractivity contribution is 7.20. The van der Waals surface area contributed by atoms with Gasteiger partial charge in [-0.05, 0) is 19.8 Å². The van der Waals surface area contributed by atoms with Crippen molar-refractivity contribution in [2.45, 2.75) is 25.7 Å². The molecule has 132 valence electrons. The first kappa shape index (κ1) is 16.0. The van der Waals surface area contributed by atoms with Crippen LogP contribution in [-0.4, -0.2) is 32.7 Å². The average Bonchev–Trinajstić information content (AvgIpc) is 3.37. The van der Waals surface area contributed by atoms with E-state index in [1.165, 1.54) is 9.88 Å². The molecule has 4 aromatic rings. The third-order valence-electron chi connectivity index (χ3n) is 4.86. The summed E-state index contributed by atoms with van der Waals surface area (Å²) in [6.45, 7) is 4.20. The van der Waals surface area contributed by atoms with E-state index in [0.29, 0.717) is 5.92 Å². The Hall–Kier alpha value is -2.25. The number of thiazole rings is 1. The number of anilines is 1. The Kier molecular flexibility index (Phi) is 3.98. The maximum atomic E-state index is 4.77. The van der Waals surface area contributed by atoms with Gasteiger partial charge >= 0.3 is 0 Å². The molecule has 0 bridgehead atoms. The van der Waals surface area contributed by atoms with E-state index in [1.54, 1.807) is 11.3 Å². The van der Waals surface area contributed by atoms with Gasteiger partial charge in [0.25, 0.3) is 0 Å². The van der Waals surface area contributed by atoms with E-state index < -0.39 is 0 Å². The SMILES string of the molecule is Cc1cnc(C2CCN(c3nn4cc(-c5ccccc5)nc4s3)CC2)s1. The number of piperidine rings is 1. The second-order valence-corrected chi connectivity index (χ2v) is 8.88. The topological polar surface area (TPSA) is 46.3 Å². The summed E-state index contributed by atoms with van der Waals surface area (Å²) in [5.74, 6) is 0.596. The molecule has 1 aliphatic rings. The van der Waals surface area contributed by atoms with Crippen LogP contribution in [0.3, 0.4) is 0 Å². The first-order valence-corrected chi connectivity index (χ1v) is 10.5. The van der Waals surface area contributed by atoms with Gasteiger partial charge in [0.1, 0.15) is 0 Å². The monoisotopic (exact) mass is 381 g/mol. The van der Waals surface area contributed by atoms with Crippen LogP contribution in [0.5, 0.6) is 0 Å². The van der Waals surface area contributed by atoms with Gasteiger partial charge in [-0.1, -0.05) is 41.7 Å². The minimum atomic E-state index is 0.596. The van der Waals surface area contributed by atoms with Crippen LogP contribution in [0.1, 0.15) is 28.6 Å². The molecule has 5 nitrogen and oxygen atoms in total. The predicted octanol–water partition coefficient (Wildman–Crippen LogP) is 4.61. The summed E-state index contributed by atoms with van der Waals surface area (Å²) in [6.07, 6.45) is 6.30. The lowest BCUT2D eigenvalue weighted by Crippen LogP contribution is -2.32. The van der Waals surface area contributed by atoms with Gasteiger partial charge in [0.15, 0.2) is 0 Å². The number of aryl methyl sites for hydroxylation is 1. The van der Waals surface area contributed by atoms with Crippen molar-refractivity contribution in [3.8, 4) is 11.3 Å². The van der Waals surface area contributed by atoms with Crippen molar-refractivity contribution in [1.29, 1.82) is 0 Å². The van der Waals surface area contributed by atoms with Crippen LogP contribution < -0.4 is 4.90 Å². The average molecular weight is 382 g/mol. The molecule has 0 saturated carbocycles. The maximum Gasteiger partial charge on any atom is 0.214 e. The molecule has 0 amide bonds. The summed E-state index contributed by atoms with van der Waals surface area (Å²) < 4.78 is 1.92. The Morgan fingerprint density at radius 3 is 2.58 bits per heavy atom. The van der Waals surface area contributed by atoms with Gasteiger partial charge in [0.2, 0.25) is 10.1 Å². The number of imidazole rings is 1. The molecule has 4 heterocycles. The van der Waals surface area contributed by atoms with E-state index >= 15 is 0 Å². The Balaban J connectivity index is 1.32. The van der Waals surface area contributed by atoms with Crippen LogP contribution in [0.2, 0.25) is 0 Å². The van der Waals surface area contributed by atoms with E-state index in [-0.39, 0.29) is 0 Å². The Morgan fingerprint density at radius 2 is 1.88 bits per heavy atom. The fraction of sp³-hybridized carbons (Fsp3) is 0.316. The Morgan fingerprint density at radius 1 is 1.08 bits per heavy atom. The molecule has 1 aliphatic heterocycles. The third kappa shape index (κ3) is 2.91. The smallest absolute Gasteiger partial charge is 0.214 e. The summed E-state index contributed by atoms with van der Waals surface area (Å²) in [7, 11) is 0. The van der Waals surface area contributed by atoms with Gasteiger partial charge < -0.3 is 4.90 Å². The van der Waals surface area contributed by atoms with Crippen molar-refractivity contribution < 1.29 is 0 Å². The van der Waals surface area contributed by atoms with Crippen molar-refractivity contribution in [3.63, 3.8) is 0 Å². The normalized spacial score (nSPS) is 15.8. The van der Waals surface area contributed by atoms with Gasteiger partial charge in [-0.2, -0.15) is 0 Å². The van der Waals surface area contributed by atoms with Crippen molar-refractivity contribution in [2.24, 2.45) is 0 Å². The quantitative estimate of drug-likeness (QED) is 0.520. The van der Waals surface area contributed by atoms with E-state index in [4.69, 9.17) is 10.1 Å². The van der Waals surface area contributed by atoms with Crippen molar-refractivity contribution in [3.05, 3.63) is 52.6 Å². The van der Waals surface area contributed by atoms with Crippen LogP contribution in [0.25, 0.3) is 16.2 Å². The van der Waals surface area contributed by atoms with Crippen molar-refractivity contribution >= 4 is 32.8 Å². The first-order valence-electron chi connectivity index (χ1n) is 8.85. The molecule has 3 aromatic heterocycles. The summed E-state index contributed by atoms with van der Waals surface area (Å²) in [5, 5.41) is 7.14. The number of nitrogens with zero attached hydrogens (tertiary/aromatic N) is 5. The molecule has 0 unspecified atom stereocenters. The van der Waals surface area contributed by atoms with E-state index in [9.17, 15) is 0 Å². The zero-order valence-corrected chi connectivity index (χ0v) is 16.1. The number of hydrogen-bond donors (Lipinski definition) is 0. The number of hydrogen-bond acceptors (Lipinski definition) is 6. The Bertz CT molecular complexity index is 993. The molecule has 0 spiro atoms. The third-order valence-corrected chi connectivity index (χ3v) is 6.91. The first-order chi connectivity index (χ1) is 12.8. The molecule has 1 aromatic carbocycles. The summed E-state index contributed by atoms with van der Waals surface area (Å²) in [6, 6.07) is 10.3. The molecule has 0 radical (unpaired) electrons. The second kappa shape index (κ2) is 6.48. The van der Waals surface area contributed by atoms with Crippen molar-refractivity contribution in [2.75, 3.05) is 18.0 Å². The van der Waals surface area contributed by atoms with Crippen LogP contribution in [0, 0.1) is 6.92 Å². The zero-order chi connectivity index (χ0) is 17.5. The molecule has 0 N–H and O–H groups in total. The fourth-order valence-electron chi connectivity index (χ4n) is 3.44. The molecule has 26 heavy (non-hydrogen) atoms. The lowest BCUT2D eigenvalue weighted by Gasteiger charge is -2.30. The second-order valence-electron chi connectivity index (χ2n) is 6.67. The lowest BCUT2D eigenvalue weighted by molar-refractivity contribution is 0.502. The van der Waals surface area contributed by atoms with E-state index in [2.05, 4.69) is 28.9 Å². The standard InChI is InChI=1S/C19H19N5S2/c1-13-11-20-17(25-13)15-7-9-23(10-8-15)19-22-24-12-16(21-18(24)26-19)14-5-3-2-4-6-14/h2-6,11-12,15H,7-10H2,1H3. The minimum absolute atomic E-state index is 0.596. The van der Waals surface area contributed by atoms with Crippen LogP contribution >= 0.6 is 22.7 Å². The number of aromatic nitrogens is 4. The molecule has 1 fully saturated rings.